The molecule has 0 aliphatic heterocycles. The summed E-state index contributed by atoms with van der Waals surface area (Å²) in [4.78, 5) is 3.39. The molecule has 0 unspecified atom stereocenters. The predicted molar refractivity (Wildman–Crippen MR) is 39.5 cm³/mol. The first kappa shape index (κ1) is 6.67. The Morgan fingerprint density at radius 1 is 1.27 bits per heavy atom. The molecular weight excluding hydrogens is 168 g/mol. The minimum atomic E-state index is -0.592. The maximum absolute atomic E-state index is 12.8. The summed E-state index contributed by atoms with van der Waals surface area (Å²) in [5.41, 5.74) is 0.120. The molecule has 0 aliphatic rings. The summed E-state index contributed by atoms with van der Waals surface area (Å²) >= 11 is 0.849. The second kappa shape index (κ2) is 2.23. The lowest BCUT2D eigenvalue weighted by Crippen LogP contribution is -1.75. The van der Waals surface area contributed by atoms with E-state index in [0.29, 0.717) is 4.70 Å². The number of rotatable bonds is 0. The summed E-state index contributed by atoms with van der Waals surface area (Å²) in [5.74, 6) is -0.470. The van der Waals surface area contributed by atoms with Crippen LogP contribution in [0.1, 0.15) is 0 Å². The van der Waals surface area contributed by atoms with Gasteiger partial charge in [-0.3, -0.25) is 0 Å². The Hall–Kier alpha value is -1.03. The number of fused-ring (bicyclic) bond motifs is 1. The van der Waals surface area contributed by atoms with Crippen LogP contribution >= 0.6 is 11.3 Å². The highest BCUT2D eigenvalue weighted by Crippen LogP contribution is 2.22. The molecule has 0 N–H and O–H groups in total. The standard InChI is InChI=1S/C7H3F2NS/c8-4-2-1-3-5-6(4)10-7(9)11-5/h1-3H. The smallest absolute Gasteiger partial charge is 0.206 e. The fourth-order valence-corrected chi connectivity index (χ4v) is 1.59. The Morgan fingerprint density at radius 3 is 2.82 bits per heavy atom. The molecule has 56 valence electrons. The highest BCUT2D eigenvalue weighted by molar-refractivity contribution is 7.17. The van der Waals surface area contributed by atoms with E-state index < -0.39 is 11.1 Å². The monoisotopic (exact) mass is 171 g/mol. The van der Waals surface area contributed by atoms with Crippen LogP contribution in [0.4, 0.5) is 8.78 Å². The SMILES string of the molecule is Fc1nc2c(F)cccc2s1. The van der Waals surface area contributed by atoms with Gasteiger partial charge in [0.15, 0.2) is 0 Å². The van der Waals surface area contributed by atoms with Gasteiger partial charge in [-0.15, -0.1) is 0 Å². The molecule has 11 heavy (non-hydrogen) atoms. The lowest BCUT2D eigenvalue weighted by atomic mass is 10.3. The molecule has 0 atom stereocenters. The van der Waals surface area contributed by atoms with Crippen molar-refractivity contribution in [2.75, 3.05) is 0 Å². The lowest BCUT2D eigenvalue weighted by Gasteiger charge is -1.86. The molecule has 0 saturated carbocycles. The Bertz CT molecular complexity index is 396. The molecule has 0 saturated heterocycles. The van der Waals surface area contributed by atoms with Gasteiger partial charge in [-0.1, -0.05) is 17.4 Å². The number of hydrogen-bond donors (Lipinski definition) is 0. The first-order valence-electron chi connectivity index (χ1n) is 2.98. The maximum atomic E-state index is 12.8. The van der Waals surface area contributed by atoms with Gasteiger partial charge in [0.25, 0.3) is 5.26 Å². The molecule has 0 aliphatic carbocycles. The number of aromatic nitrogens is 1. The minimum absolute atomic E-state index is 0.120. The van der Waals surface area contributed by atoms with Crippen LogP contribution in [0.15, 0.2) is 18.2 Å². The summed E-state index contributed by atoms with van der Waals surface area (Å²) in [6.07, 6.45) is 0. The van der Waals surface area contributed by atoms with E-state index in [1.165, 1.54) is 12.1 Å². The third kappa shape index (κ3) is 0.991. The van der Waals surface area contributed by atoms with Crippen LogP contribution in [0.3, 0.4) is 0 Å². The first-order chi connectivity index (χ1) is 5.27. The molecule has 1 aromatic carbocycles. The molecule has 1 aromatic heterocycles. The number of nitrogens with zero attached hydrogens (tertiary/aromatic N) is 1. The predicted octanol–water partition coefficient (Wildman–Crippen LogP) is 2.57. The van der Waals surface area contributed by atoms with E-state index in [4.69, 9.17) is 0 Å². The van der Waals surface area contributed by atoms with Crippen LogP contribution in [-0.2, 0) is 0 Å². The summed E-state index contributed by atoms with van der Waals surface area (Å²) in [7, 11) is 0. The third-order valence-corrected chi connectivity index (χ3v) is 2.15. The largest absolute Gasteiger partial charge is 0.270 e. The fraction of sp³-hybridized carbons (Fsp3) is 0. The maximum Gasteiger partial charge on any atom is 0.270 e. The summed E-state index contributed by atoms with van der Waals surface area (Å²) in [6.45, 7) is 0. The summed E-state index contributed by atoms with van der Waals surface area (Å²) < 4.78 is 25.8. The fourth-order valence-electron chi connectivity index (χ4n) is 0.888. The van der Waals surface area contributed by atoms with E-state index in [-0.39, 0.29) is 5.52 Å². The van der Waals surface area contributed by atoms with E-state index in [1.807, 2.05) is 0 Å². The molecule has 1 nitrogen and oxygen atoms in total. The molecule has 0 bridgehead atoms. The quantitative estimate of drug-likeness (QED) is 0.593. The van der Waals surface area contributed by atoms with Crippen molar-refractivity contribution in [3.63, 3.8) is 0 Å². The Morgan fingerprint density at radius 2 is 2.09 bits per heavy atom. The van der Waals surface area contributed by atoms with Gasteiger partial charge >= 0.3 is 0 Å². The van der Waals surface area contributed by atoms with Crippen molar-refractivity contribution in [2.45, 2.75) is 0 Å². The highest BCUT2D eigenvalue weighted by atomic mass is 32.1. The van der Waals surface area contributed by atoms with Crippen molar-refractivity contribution >= 4 is 21.6 Å². The minimum Gasteiger partial charge on any atom is -0.206 e. The number of hydrogen-bond acceptors (Lipinski definition) is 2. The van der Waals surface area contributed by atoms with E-state index in [2.05, 4.69) is 4.98 Å². The van der Waals surface area contributed by atoms with Gasteiger partial charge in [0.1, 0.15) is 11.3 Å². The first-order valence-corrected chi connectivity index (χ1v) is 3.79. The zero-order chi connectivity index (χ0) is 7.84. The van der Waals surface area contributed by atoms with Crippen molar-refractivity contribution in [3.05, 3.63) is 29.3 Å². The number of halogens is 2. The number of benzene rings is 1. The average molecular weight is 171 g/mol. The molecule has 0 radical (unpaired) electrons. The molecule has 2 aromatic rings. The van der Waals surface area contributed by atoms with E-state index in [0.717, 1.165) is 11.3 Å². The molecule has 0 spiro atoms. The Balaban J connectivity index is 2.90. The van der Waals surface area contributed by atoms with Gasteiger partial charge < -0.3 is 0 Å². The topological polar surface area (TPSA) is 12.9 Å². The van der Waals surface area contributed by atoms with Crippen LogP contribution < -0.4 is 0 Å². The van der Waals surface area contributed by atoms with Gasteiger partial charge in [-0.25, -0.2) is 9.37 Å². The van der Waals surface area contributed by atoms with Gasteiger partial charge in [0.05, 0.1) is 4.70 Å². The zero-order valence-electron chi connectivity index (χ0n) is 5.34. The van der Waals surface area contributed by atoms with Crippen LogP contribution in [0.25, 0.3) is 10.2 Å². The van der Waals surface area contributed by atoms with Crippen molar-refractivity contribution in [3.8, 4) is 0 Å². The summed E-state index contributed by atoms with van der Waals surface area (Å²) in [6, 6.07) is 4.44. The Kier molecular flexibility index (Phi) is 1.35. The van der Waals surface area contributed by atoms with Gasteiger partial charge in [-0.2, -0.15) is 4.39 Å². The van der Waals surface area contributed by atoms with E-state index in [9.17, 15) is 8.78 Å². The molecule has 2 rings (SSSR count). The Labute approximate surface area is 65.3 Å². The van der Waals surface area contributed by atoms with Crippen LogP contribution in [0.2, 0.25) is 0 Å². The molecule has 1 heterocycles. The zero-order valence-corrected chi connectivity index (χ0v) is 6.16. The normalized spacial score (nSPS) is 10.7. The van der Waals surface area contributed by atoms with Crippen molar-refractivity contribution in [2.24, 2.45) is 0 Å². The molecule has 0 fully saturated rings. The lowest BCUT2D eigenvalue weighted by molar-refractivity contribution is 0.609. The van der Waals surface area contributed by atoms with E-state index in [1.54, 1.807) is 6.07 Å². The number of thiazole rings is 1. The van der Waals surface area contributed by atoms with E-state index >= 15 is 0 Å². The average Bonchev–Trinajstić information content (AvgIpc) is 2.31. The second-order valence-electron chi connectivity index (χ2n) is 2.05. The number of para-hydroxylation sites is 1. The summed E-state index contributed by atoms with van der Waals surface area (Å²) in [5, 5.41) is -0.592. The van der Waals surface area contributed by atoms with Crippen LogP contribution in [0, 0.1) is 11.1 Å². The van der Waals surface area contributed by atoms with Gasteiger partial charge in [0.2, 0.25) is 0 Å². The van der Waals surface area contributed by atoms with Gasteiger partial charge in [-0.05, 0) is 12.1 Å². The molecule has 4 heteroatoms. The van der Waals surface area contributed by atoms with Crippen molar-refractivity contribution in [1.82, 2.24) is 4.98 Å². The molecular formula is C7H3F2NS. The van der Waals surface area contributed by atoms with Crippen LogP contribution in [-0.4, -0.2) is 4.98 Å². The third-order valence-electron chi connectivity index (χ3n) is 1.34. The molecule has 0 amide bonds. The van der Waals surface area contributed by atoms with Crippen molar-refractivity contribution in [1.29, 1.82) is 0 Å². The van der Waals surface area contributed by atoms with Gasteiger partial charge in [0, 0.05) is 0 Å². The highest BCUT2D eigenvalue weighted by Gasteiger charge is 2.05. The van der Waals surface area contributed by atoms with Crippen LogP contribution in [0.5, 0.6) is 0 Å². The van der Waals surface area contributed by atoms with Crippen molar-refractivity contribution < 1.29 is 8.78 Å². The second-order valence-corrected chi connectivity index (χ2v) is 3.03.